The number of nitrogens with one attached hydrogen (secondary N) is 1. The van der Waals surface area contributed by atoms with Gasteiger partial charge in [-0.25, -0.2) is 19.6 Å². The highest BCUT2D eigenvalue weighted by molar-refractivity contribution is 7.44. The SMILES string of the molecule is COc1ccc(C(O[C@H]2C[C@@H](n3cnc4c(NC(=O)c5ccccc5)ncnc43)O[C@@H]2COP(OCCC#N)N(C(C)C)C(C)C)(c2ccccc2)c2ccc(OC)cc2)cc1. The van der Waals surface area contributed by atoms with Gasteiger partial charge < -0.3 is 33.3 Å². The standard InChI is InChI=1S/C47H52N7O7P/c1-32(2)54(33(3)4)62(58-27-13-26-48)59-29-41-40(28-42(60-41)53-31-51-43-44(49-30-50-45(43)53)52-46(55)34-14-9-7-10-15-34)61-47(35-16-11-8-12-17-35,36-18-22-38(56-5)23-19-36)37-20-24-39(57-6)25-21-37/h7-12,14-25,30-33,40-42H,13,27-29H2,1-6H3,(H,49,50,52,55)/t40-,41+,42-,62?/m0/s1. The number of aromatic nitrogens is 4. The summed E-state index contributed by atoms with van der Waals surface area (Å²) in [6, 6.07) is 37.2. The molecule has 0 bridgehead atoms. The average molecular weight is 858 g/mol. The van der Waals surface area contributed by atoms with Crippen molar-refractivity contribution in [1.82, 2.24) is 24.2 Å². The van der Waals surface area contributed by atoms with Crippen molar-refractivity contribution in [3.05, 3.63) is 144 Å². The van der Waals surface area contributed by atoms with E-state index in [1.807, 2.05) is 77.4 Å². The number of anilines is 1. The number of imidazole rings is 1. The minimum Gasteiger partial charge on any atom is -0.497 e. The molecule has 3 heterocycles. The van der Waals surface area contributed by atoms with Crippen molar-refractivity contribution < 1.29 is 32.8 Å². The van der Waals surface area contributed by atoms with E-state index in [0.29, 0.717) is 34.6 Å². The maximum Gasteiger partial charge on any atom is 0.259 e. The van der Waals surface area contributed by atoms with Gasteiger partial charge >= 0.3 is 0 Å². The van der Waals surface area contributed by atoms with Crippen LogP contribution in [0.2, 0.25) is 0 Å². The van der Waals surface area contributed by atoms with E-state index in [1.165, 1.54) is 6.33 Å². The Balaban J connectivity index is 1.31. The number of methoxy groups -OCH3 is 2. The summed E-state index contributed by atoms with van der Waals surface area (Å²) in [7, 11) is 1.68. The van der Waals surface area contributed by atoms with Crippen molar-refractivity contribution in [1.29, 1.82) is 5.26 Å². The molecule has 0 aliphatic carbocycles. The van der Waals surface area contributed by atoms with Crippen molar-refractivity contribution in [2.75, 3.05) is 32.8 Å². The highest BCUT2D eigenvalue weighted by atomic mass is 31.2. The van der Waals surface area contributed by atoms with E-state index in [9.17, 15) is 10.1 Å². The molecule has 15 heteroatoms. The minimum atomic E-state index is -1.61. The lowest BCUT2D eigenvalue weighted by molar-refractivity contribution is -0.0968. The predicted molar refractivity (Wildman–Crippen MR) is 237 cm³/mol. The number of amides is 1. The lowest BCUT2D eigenvalue weighted by Gasteiger charge is -2.40. The van der Waals surface area contributed by atoms with Crippen LogP contribution in [0.4, 0.5) is 5.82 Å². The summed E-state index contributed by atoms with van der Waals surface area (Å²) in [4.78, 5) is 26.9. The maximum absolute atomic E-state index is 13.2. The molecule has 1 unspecified atom stereocenters. The van der Waals surface area contributed by atoms with Gasteiger partial charge in [-0.3, -0.25) is 9.36 Å². The van der Waals surface area contributed by atoms with E-state index < -0.39 is 32.6 Å². The van der Waals surface area contributed by atoms with Gasteiger partial charge in [0.05, 0.1) is 52.4 Å². The molecule has 2 aromatic heterocycles. The monoisotopic (exact) mass is 857 g/mol. The lowest BCUT2D eigenvalue weighted by Crippen LogP contribution is -2.41. The molecule has 4 atom stereocenters. The Labute approximate surface area is 363 Å². The first-order chi connectivity index (χ1) is 30.2. The topological polar surface area (TPSA) is 155 Å². The van der Waals surface area contributed by atoms with Gasteiger partial charge in [-0.1, -0.05) is 72.8 Å². The Morgan fingerprint density at radius 1 is 0.855 bits per heavy atom. The Kier molecular flexibility index (Phi) is 14.6. The smallest absolute Gasteiger partial charge is 0.259 e. The summed E-state index contributed by atoms with van der Waals surface area (Å²) in [5.41, 5.74) is 2.83. The molecule has 62 heavy (non-hydrogen) atoms. The second kappa shape index (κ2) is 20.4. The number of nitrogens with zero attached hydrogens (tertiary/aromatic N) is 6. The summed E-state index contributed by atoms with van der Waals surface area (Å²) < 4.78 is 42.9. The first kappa shape index (κ1) is 44.3. The van der Waals surface area contributed by atoms with Crippen LogP contribution in [0.5, 0.6) is 11.5 Å². The van der Waals surface area contributed by atoms with Crippen LogP contribution in [0.3, 0.4) is 0 Å². The van der Waals surface area contributed by atoms with Gasteiger partial charge in [0.15, 0.2) is 17.0 Å². The molecule has 14 nitrogen and oxygen atoms in total. The molecule has 0 saturated carbocycles. The Morgan fingerprint density at radius 3 is 2.03 bits per heavy atom. The van der Waals surface area contributed by atoms with Gasteiger partial charge in [0, 0.05) is 24.1 Å². The molecule has 0 spiro atoms. The fourth-order valence-corrected chi connectivity index (χ4v) is 9.39. The van der Waals surface area contributed by atoms with Crippen molar-refractivity contribution in [2.45, 2.75) is 76.7 Å². The summed E-state index contributed by atoms with van der Waals surface area (Å²) in [5, 5.41) is 12.3. The molecule has 1 N–H and O–H groups in total. The highest BCUT2D eigenvalue weighted by Crippen LogP contribution is 2.49. The highest BCUT2D eigenvalue weighted by Gasteiger charge is 2.47. The zero-order valence-electron chi connectivity index (χ0n) is 35.8. The molecular formula is C47H52N7O7P. The number of rotatable bonds is 19. The van der Waals surface area contributed by atoms with Gasteiger partial charge in [0.25, 0.3) is 14.4 Å². The third-order valence-electron chi connectivity index (χ3n) is 10.6. The zero-order valence-corrected chi connectivity index (χ0v) is 36.6. The van der Waals surface area contributed by atoms with Gasteiger partial charge in [-0.05, 0) is 80.8 Å². The normalized spacial score (nSPS) is 17.1. The number of fused-ring (bicyclic) bond motifs is 1. The van der Waals surface area contributed by atoms with Crippen molar-refractivity contribution in [3.8, 4) is 17.6 Å². The van der Waals surface area contributed by atoms with E-state index in [2.05, 4.69) is 70.8 Å². The predicted octanol–water partition coefficient (Wildman–Crippen LogP) is 9.05. The van der Waals surface area contributed by atoms with Gasteiger partial charge in [0.2, 0.25) is 0 Å². The molecule has 1 fully saturated rings. The summed E-state index contributed by atoms with van der Waals surface area (Å²) in [6.07, 6.45) is 1.79. The summed E-state index contributed by atoms with van der Waals surface area (Å²) in [5.74, 6) is 1.37. The van der Waals surface area contributed by atoms with Crippen LogP contribution in [-0.2, 0) is 24.1 Å². The van der Waals surface area contributed by atoms with Crippen LogP contribution in [0, 0.1) is 11.3 Å². The lowest BCUT2D eigenvalue weighted by atomic mass is 9.79. The molecular weight excluding hydrogens is 806 g/mol. The van der Waals surface area contributed by atoms with E-state index in [4.69, 9.17) is 28.0 Å². The molecule has 4 aromatic carbocycles. The van der Waals surface area contributed by atoms with Crippen molar-refractivity contribution >= 4 is 31.4 Å². The third-order valence-corrected chi connectivity index (χ3v) is 12.7. The quantitative estimate of drug-likeness (QED) is 0.0469. The second-order valence-corrected chi connectivity index (χ2v) is 16.7. The van der Waals surface area contributed by atoms with Gasteiger partial charge in [-0.2, -0.15) is 5.26 Å². The molecule has 6 aromatic rings. The number of benzene rings is 4. The fraction of sp³-hybridized carbons (Fsp3) is 0.340. The van der Waals surface area contributed by atoms with Gasteiger partial charge in [-0.15, -0.1) is 0 Å². The summed E-state index contributed by atoms with van der Waals surface area (Å²) in [6.45, 7) is 8.72. The second-order valence-electron chi connectivity index (χ2n) is 15.2. The molecule has 7 rings (SSSR count). The number of carbonyl (C=O) groups is 1. The Hall–Kier alpha value is -5.78. The fourth-order valence-electron chi connectivity index (χ4n) is 7.77. The third kappa shape index (κ3) is 9.64. The van der Waals surface area contributed by atoms with E-state index in [1.54, 1.807) is 44.8 Å². The zero-order chi connectivity index (χ0) is 43.6. The number of hydrogen-bond donors (Lipinski definition) is 1. The van der Waals surface area contributed by atoms with Crippen LogP contribution >= 0.6 is 8.53 Å². The molecule has 1 amide bonds. The first-order valence-corrected chi connectivity index (χ1v) is 21.7. The number of nitriles is 1. The first-order valence-electron chi connectivity index (χ1n) is 20.6. The van der Waals surface area contributed by atoms with Crippen LogP contribution in [0.15, 0.2) is 122 Å². The molecule has 1 aliphatic heterocycles. The van der Waals surface area contributed by atoms with Gasteiger partial charge in [0.1, 0.15) is 35.8 Å². The summed E-state index contributed by atoms with van der Waals surface area (Å²) >= 11 is 0. The maximum atomic E-state index is 13.2. The van der Waals surface area contributed by atoms with E-state index in [0.717, 1.165) is 16.7 Å². The number of ether oxygens (including phenoxy) is 4. The van der Waals surface area contributed by atoms with Crippen molar-refractivity contribution in [2.24, 2.45) is 0 Å². The van der Waals surface area contributed by atoms with Crippen LogP contribution in [-0.4, -0.2) is 81.8 Å². The van der Waals surface area contributed by atoms with E-state index in [-0.39, 0.29) is 43.4 Å². The molecule has 0 radical (unpaired) electrons. The number of hydrogen-bond acceptors (Lipinski definition) is 12. The largest absolute Gasteiger partial charge is 0.497 e. The van der Waals surface area contributed by atoms with Crippen LogP contribution in [0.1, 0.15) is 73.8 Å². The number of carbonyl (C=O) groups excluding carboxylic acids is 1. The van der Waals surface area contributed by atoms with E-state index >= 15 is 0 Å². The minimum absolute atomic E-state index is 0.0944. The van der Waals surface area contributed by atoms with Crippen LogP contribution < -0.4 is 14.8 Å². The Bertz CT molecular complexity index is 2360. The molecule has 322 valence electrons. The average Bonchev–Trinajstić information content (AvgIpc) is 3.92. The Morgan fingerprint density at radius 2 is 1.45 bits per heavy atom. The molecule has 1 aliphatic rings. The van der Waals surface area contributed by atoms with Crippen LogP contribution in [0.25, 0.3) is 11.2 Å². The molecule has 1 saturated heterocycles. The van der Waals surface area contributed by atoms with Crippen molar-refractivity contribution in [3.63, 3.8) is 0 Å².